The second-order valence-electron chi connectivity index (χ2n) is 7.01. The van der Waals surface area contributed by atoms with Crippen LogP contribution in [0.5, 0.6) is 0 Å². The van der Waals surface area contributed by atoms with E-state index in [0.717, 1.165) is 10.9 Å². The first-order valence-electron chi connectivity index (χ1n) is 9.21. The normalized spacial score (nSPS) is 11.2. The van der Waals surface area contributed by atoms with E-state index >= 15 is 0 Å². The molecule has 3 aromatic heterocycles. The van der Waals surface area contributed by atoms with Crippen molar-refractivity contribution in [1.82, 2.24) is 14.3 Å². The van der Waals surface area contributed by atoms with Gasteiger partial charge in [0.2, 0.25) is 5.69 Å². The quantitative estimate of drug-likeness (QED) is 0.364. The Labute approximate surface area is 170 Å². The lowest BCUT2D eigenvalue weighted by molar-refractivity contribution is 0.0443. The van der Waals surface area contributed by atoms with E-state index in [4.69, 9.17) is 20.1 Å². The Kier molecular flexibility index (Phi) is 4.75. The third-order valence-corrected chi connectivity index (χ3v) is 4.73. The highest BCUT2D eigenvalue weighted by molar-refractivity contribution is 5.95. The summed E-state index contributed by atoms with van der Waals surface area (Å²) in [5.74, 6) is -1.03. The van der Waals surface area contributed by atoms with Gasteiger partial charge >= 0.3 is 11.8 Å². The number of aryl methyl sites for hydroxylation is 1. The summed E-state index contributed by atoms with van der Waals surface area (Å²) in [5, 5.41) is 5.05. The van der Waals surface area contributed by atoms with Gasteiger partial charge in [0, 0.05) is 29.3 Å². The van der Waals surface area contributed by atoms with Gasteiger partial charge in [0.15, 0.2) is 18.1 Å². The first kappa shape index (κ1) is 19.3. The molecule has 0 amide bonds. The predicted molar refractivity (Wildman–Crippen MR) is 107 cm³/mol. The number of carbonyl (C=O) groups excluding carboxylic acids is 1. The number of ether oxygens (including phenoxy) is 1. The SMILES string of the molecule is [C-]#[N+]c1cn(C(C)C)c2ccc(-n3cc(C(=O)OCc4oc(=O)oc4C)cn3)cc12. The lowest BCUT2D eigenvalue weighted by Gasteiger charge is -2.10. The van der Waals surface area contributed by atoms with Crippen LogP contribution in [-0.4, -0.2) is 20.3 Å². The second-order valence-corrected chi connectivity index (χ2v) is 7.01. The van der Waals surface area contributed by atoms with Crippen LogP contribution in [0.15, 0.2) is 50.4 Å². The van der Waals surface area contributed by atoms with Crippen LogP contribution in [0.2, 0.25) is 0 Å². The van der Waals surface area contributed by atoms with E-state index in [1.165, 1.54) is 6.20 Å². The average molecular weight is 406 g/mol. The lowest BCUT2D eigenvalue weighted by atomic mass is 10.2. The van der Waals surface area contributed by atoms with Gasteiger partial charge in [-0.25, -0.2) is 19.1 Å². The maximum Gasteiger partial charge on any atom is 0.519 e. The number of benzene rings is 1. The molecule has 0 saturated carbocycles. The van der Waals surface area contributed by atoms with Crippen LogP contribution in [0.25, 0.3) is 21.4 Å². The summed E-state index contributed by atoms with van der Waals surface area (Å²) in [7, 11) is 0. The Morgan fingerprint density at radius 1 is 1.30 bits per heavy atom. The van der Waals surface area contributed by atoms with Crippen molar-refractivity contribution in [2.24, 2.45) is 0 Å². The Morgan fingerprint density at radius 2 is 2.10 bits per heavy atom. The number of esters is 1. The molecule has 0 bridgehead atoms. The fourth-order valence-electron chi connectivity index (χ4n) is 3.17. The fraction of sp³-hybridized carbons (Fsp3) is 0.238. The van der Waals surface area contributed by atoms with E-state index in [-0.39, 0.29) is 29.7 Å². The Morgan fingerprint density at radius 3 is 2.77 bits per heavy atom. The van der Waals surface area contributed by atoms with E-state index in [0.29, 0.717) is 11.4 Å². The first-order valence-corrected chi connectivity index (χ1v) is 9.21. The number of rotatable bonds is 5. The van der Waals surface area contributed by atoms with E-state index < -0.39 is 11.8 Å². The highest BCUT2D eigenvalue weighted by Crippen LogP contribution is 2.32. The zero-order chi connectivity index (χ0) is 21.4. The molecule has 0 saturated heterocycles. The van der Waals surface area contributed by atoms with Gasteiger partial charge in [0.1, 0.15) is 0 Å². The summed E-state index contributed by atoms with van der Waals surface area (Å²) in [6.45, 7) is 12.9. The number of hydrogen-bond donors (Lipinski definition) is 0. The van der Waals surface area contributed by atoms with Gasteiger partial charge in [-0.2, -0.15) is 5.10 Å². The van der Waals surface area contributed by atoms with Crippen molar-refractivity contribution in [3.63, 3.8) is 0 Å². The summed E-state index contributed by atoms with van der Waals surface area (Å²) in [4.78, 5) is 27.0. The molecule has 4 aromatic rings. The van der Waals surface area contributed by atoms with Crippen LogP contribution < -0.4 is 5.82 Å². The van der Waals surface area contributed by atoms with Gasteiger partial charge in [-0.3, -0.25) is 0 Å². The Bertz CT molecular complexity index is 1350. The molecule has 0 aliphatic heterocycles. The van der Waals surface area contributed by atoms with Crippen LogP contribution >= 0.6 is 0 Å². The Hall–Kier alpha value is -4.06. The monoisotopic (exact) mass is 406 g/mol. The zero-order valence-electron chi connectivity index (χ0n) is 16.6. The van der Waals surface area contributed by atoms with Crippen LogP contribution in [-0.2, 0) is 11.3 Å². The molecule has 0 N–H and O–H groups in total. The van der Waals surface area contributed by atoms with E-state index in [2.05, 4.69) is 28.4 Å². The molecule has 0 aliphatic rings. The zero-order valence-corrected chi connectivity index (χ0v) is 16.6. The van der Waals surface area contributed by atoms with Crippen molar-refractivity contribution >= 4 is 22.6 Å². The highest BCUT2D eigenvalue weighted by Gasteiger charge is 2.16. The van der Waals surface area contributed by atoms with Crippen molar-refractivity contribution in [1.29, 1.82) is 0 Å². The summed E-state index contributed by atoms with van der Waals surface area (Å²) < 4.78 is 18.3. The molecule has 30 heavy (non-hydrogen) atoms. The molecule has 0 aliphatic carbocycles. The smallest absolute Gasteiger partial charge is 0.454 e. The molecule has 152 valence electrons. The van der Waals surface area contributed by atoms with Gasteiger partial charge in [-0.05, 0) is 39.0 Å². The van der Waals surface area contributed by atoms with E-state index in [9.17, 15) is 9.59 Å². The van der Waals surface area contributed by atoms with Crippen molar-refractivity contribution in [2.75, 3.05) is 0 Å². The molecule has 0 radical (unpaired) electrons. The Balaban J connectivity index is 1.58. The minimum Gasteiger partial charge on any atom is -0.454 e. The van der Waals surface area contributed by atoms with Crippen molar-refractivity contribution in [2.45, 2.75) is 33.4 Å². The number of hydrogen-bond acceptors (Lipinski definition) is 6. The maximum atomic E-state index is 12.3. The van der Waals surface area contributed by atoms with Crippen molar-refractivity contribution < 1.29 is 18.4 Å². The molecule has 9 heteroatoms. The molecule has 0 spiro atoms. The van der Waals surface area contributed by atoms with Crippen molar-refractivity contribution in [3.05, 3.63) is 75.9 Å². The maximum absolute atomic E-state index is 12.3. The van der Waals surface area contributed by atoms with Gasteiger partial charge in [0.25, 0.3) is 0 Å². The van der Waals surface area contributed by atoms with Crippen molar-refractivity contribution in [3.8, 4) is 5.69 Å². The van der Waals surface area contributed by atoms with Gasteiger partial charge in [-0.15, -0.1) is 0 Å². The average Bonchev–Trinajstić information content (AvgIpc) is 3.42. The molecule has 4 rings (SSSR count). The summed E-state index contributed by atoms with van der Waals surface area (Å²) >= 11 is 0. The molecule has 1 aromatic carbocycles. The molecule has 0 atom stereocenters. The molecular formula is C21H18N4O5. The minimum atomic E-state index is -0.841. The lowest BCUT2D eigenvalue weighted by Crippen LogP contribution is -2.04. The van der Waals surface area contributed by atoms with Gasteiger partial charge < -0.3 is 18.1 Å². The standard InChI is InChI=1S/C21H18N4O5/c1-12(2)24-10-17(22-4)16-7-15(5-6-18(16)24)25-9-14(8-23-25)20(26)28-11-19-13(3)29-21(27)30-19/h5-10,12H,11H2,1-3H3. The van der Waals surface area contributed by atoms with E-state index in [1.807, 2.05) is 24.4 Å². The summed E-state index contributed by atoms with van der Waals surface area (Å²) in [5.41, 5.74) is 2.47. The third-order valence-electron chi connectivity index (χ3n) is 4.73. The third kappa shape index (κ3) is 3.39. The van der Waals surface area contributed by atoms with Crippen LogP contribution in [0.4, 0.5) is 5.69 Å². The van der Waals surface area contributed by atoms with E-state index in [1.54, 1.807) is 17.8 Å². The molecule has 9 nitrogen and oxygen atoms in total. The van der Waals surface area contributed by atoms with Gasteiger partial charge in [0.05, 0.1) is 24.0 Å². The largest absolute Gasteiger partial charge is 0.519 e. The number of carbonyl (C=O) groups is 1. The predicted octanol–water partition coefficient (Wildman–Crippen LogP) is 4.17. The number of fused-ring (bicyclic) bond motifs is 1. The van der Waals surface area contributed by atoms with Crippen LogP contribution in [0.3, 0.4) is 0 Å². The summed E-state index contributed by atoms with van der Waals surface area (Å²) in [6, 6.07) is 5.90. The fourth-order valence-corrected chi connectivity index (χ4v) is 3.17. The summed E-state index contributed by atoms with van der Waals surface area (Å²) in [6.07, 6.45) is 4.77. The number of nitrogens with zero attached hydrogens (tertiary/aromatic N) is 4. The number of aromatic nitrogens is 3. The highest BCUT2D eigenvalue weighted by atomic mass is 16.6. The molecular weight excluding hydrogens is 388 g/mol. The second kappa shape index (κ2) is 7.40. The van der Waals surface area contributed by atoms with Crippen LogP contribution in [0, 0.1) is 13.5 Å². The first-order chi connectivity index (χ1) is 14.4. The van der Waals surface area contributed by atoms with Crippen LogP contribution in [0.1, 0.15) is 41.8 Å². The van der Waals surface area contributed by atoms with Gasteiger partial charge in [-0.1, -0.05) is 0 Å². The minimum absolute atomic E-state index is 0.160. The molecule has 3 heterocycles. The molecule has 0 fully saturated rings. The topological polar surface area (TPSA) is 96.8 Å². The molecule has 0 unspecified atom stereocenters.